The summed E-state index contributed by atoms with van der Waals surface area (Å²) < 4.78 is 0. The summed E-state index contributed by atoms with van der Waals surface area (Å²) in [4.78, 5) is 11.1. The van der Waals surface area contributed by atoms with Crippen molar-refractivity contribution in [2.45, 2.75) is 19.3 Å². The maximum atomic E-state index is 11.1. The number of urea groups is 1. The first-order valence-electron chi connectivity index (χ1n) is 5.75. The summed E-state index contributed by atoms with van der Waals surface area (Å²) in [7, 11) is 0. The Balaban J connectivity index is 2.02. The van der Waals surface area contributed by atoms with Gasteiger partial charge in [-0.1, -0.05) is 30.3 Å². The number of nitrogens with one attached hydrogen (secondary N) is 2. The number of carbonyl (C=O) groups excluding carboxylic acids is 1. The van der Waals surface area contributed by atoms with Crippen molar-refractivity contribution in [2.24, 2.45) is 0 Å². The van der Waals surface area contributed by atoms with Gasteiger partial charge in [-0.05, 0) is 24.8 Å². The van der Waals surface area contributed by atoms with Crippen molar-refractivity contribution >= 4 is 6.03 Å². The number of unbranched alkanes of at least 4 members (excludes halogenated alkanes) is 1. The van der Waals surface area contributed by atoms with E-state index in [1.807, 2.05) is 24.3 Å². The highest BCUT2D eigenvalue weighted by Gasteiger charge is 1.97. The molecule has 4 nitrogen and oxygen atoms in total. The van der Waals surface area contributed by atoms with Crippen LogP contribution in [0.4, 0.5) is 4.79 Å². The van der Waals surface area contributed by atoms with Crippen LogP contribution in [0.5, 0.6) is 0 Å². The van der Waals surface area contributed by atoms with Gasteiger partial charge in [0.2, 0.25) is 0 Å². The van der Waals surface area contributed by atoms with Crippen LogP contribution in [-0.4, -0.2) is 19.1 Å². The molecule has 1 aromatic carbocycles. The van der Waals surface area contributed by atoms with Gasteiger partial charge >= 0.3 is 6.03 Å². The lowest BCUT2D eigenvalue weighted by molar-refractivity contribution is 0.242. The van der Waals surface area contributed by atoms with Gasteiger partial charge in [0, 0.05) is 6.54 Å². The minimum absolute atomic E-state index is 0.0514. The summed E-state index contributed by atoms with van der Waals surface area (Å²) in [5.41, 5.74) is 1.32. The standard InChI is InChI=1S/C13H17N3O/c14-9-11-16-13(17)15-10-5-4-8-12-6-2-1-3-7-12/h1-3,6-7H,4-5,8,10-11H2,(H2,15,16,17). The van der Waals surface area contributed by atoms with Crippen LogP contribution in [0.1, 0.15) is 18.4 Å². The highest BCUT2D eigenvalue weighted by molar-refractivity contribution is 5.73. The van der Waals surface area contributed by atoms with Crippen LogP contribution in [0, 0.1) is 11.3 Å². The fraction of sp³-hybridized carbons (Fsp3) is 0.385. The van der Waals surface area contributed by atoms with Gasteiger partial charge in [0.25, 0.3) is 0 Å². The molecule has 1 aromatic rings. The van der Waals surface area contributed by atoms with Gasteiger partial charge in [0.1, 0.15) is 6.54 Å². The molecule has 0 aromatic heterocycles. The van der Waals surface area contributed by atoms with E-state index in [-0.39, 0.29) is 12.6 Å². The number of benzene rings is 1. The van der Waals surface area contributed by atoms with Gasteiger partial charge < -0.3 is 10.6 Å². The second-order valence-electron chi connectivity index (χ2n) is 3.71. The Morgan fingerprint density at radius 3 is 2.65 bits per heavy atom. The Kier molecular flexibility index (Phi) is 6.27. The van der Waals surface area contributed by atoms with Gasteiger partial charge in [-0.25, -0.2) is 4.79 Å². The molecule has 0 saturated heterocycles. The first-order chi connectivity index (χ1) is 8.33. The fourth-order valence-electron chi connectivity index (χ4n) is 1.48. The molecule has 0 heterocycles. The highest BCUT2D eigenvalue weighted by atomic mass is 16.2. The molecule has 0 bridgehead atoms. The number of aryl methyl sites for hydroxylation is 1. The van der Waals surface area contributed by atoms with Gasteiger partial charge in [-0.2, -0.15) is 5.26 Å². The second kappa shape index (κ2) is 8.17. The number of hydrogen-bond acceptors (Lipinski definition) is 2. The number of hydrogen-bond donors (Lipinski definition) is 2. The minimum atomic E-state index is -0.272. The van der Waals surface area contributed by atoms with E-state index in [0.29, 0.717) is 6.54 Å². The van der Waals surface area contributed by atoms with Gasteiger partial charge in [-0.3, -0.25) is 0 Å². The maximum Gasteiger partial charge on any atom is 0.315 e. The normalized spacial score (nSPS) is 9.35. The smallest absolute Gasteiger partial charge is 0.315 e. The lowest BCUT2D eigenvalue weighted by Crippen LogP contribution is -2.36. The Labute approximate surface area is 102 Å². The average molecular weight is 231 g/mol. The van der Waals surface area contributed by atoms with Crippen molar-refractivity contribution in [2.75, 3.05) is 13.1 Å². The molecule has 0 aliphatic rings. The summed E-state index contributed by atoms with van der Waals surface area (Å²) >= 11 is 0. The molecule has 0 atom stereocenters. The molecule has 0 unspecified atom stereocenters. The first-order valence-corrected chi connectivity index (χ1v) is 5.75. The van der Waals surface area contributed by atoms with Crippen LogP contribution in [0.3, 0.4) is 0 Å². The van der Waals surface area contributed by atoms with E-state index >= 15 is 0 Å². The van der Waals surface area contributed by atoms with E-state index in [9.17, 15) is 4.79 Å². The topological polar surface area (TPSA) is 64.9 Å². The van der Waals surface area contributed by atoms with Gasteiger partial charge in [-0.15, -0.1) is 0 Å². The van der Waals surface area contributed by atoms with Crippen LogP contribution in [-0.2, 0) is 6.42 Å². The van der Waals surface area contributed by atoms with Gasteiger partial charge in [0.15, 0.2) is 0 Å². The van der Waals surface area contributed by atoms with E-state index in [2.05, 4.69) is 22.8 Å². The quantitative estimate of drug-likeness (QED) is 0.579. The van der Waals surface area contributed by atoms with Crippen LogP contribution in [0.2, 0.25) is 0 Å². The largest absolute Gasteiger partial charge is 0.338 e. The zero-order valence-corrected chi connectivity index (χ0v) is 9.78. The number of amides is 2. The Morgan fingerprint density at radius 2 is 1.94 bits per heavy atom. The van der Waals surface area contributed by atoms with Crippen molar-refractivity contribution in [1.29, 1.82) is 5.26 Å². The average Bonchev–Trinajstić information content (AvgIpc) is 2.37. The minimum Gasteiger partial charge on any atom is -0.338 e. The number of nitriles is 1. The highest BCUT2D eigenvalue weighted by Crippen LogP contribution is 2.03. The van der Waals surface area contributed by atoms with Gasteiger partial charge in [0.05, 0.1) is 6.07 Å². The Bertz CT molecular complexity index is 370. The molecule has 1 rings (SSSR count). The summed E-state index contributed by atoms with van der Waals surface area (Å²) in [6.07, 6.45) is 3.01. The number of rotatable bonds is 6. The third kappa shape index (κ3) is 6.21. The van der Waals surface area contributed by atoms with E-state index < -0.39 is 0 Å². The molecule has 0 radical (unpaired) electrons. The predicted molar refractivity (Wildman–Crippen MR) is 66.4 cm³/mol. The molecule has 0 saturated carbocycles. The van der Waals surface area contributed by atoms with E-state index in [1.165, 1.54) is 5.56 Å². The lowest BCUT2D eigenvalue weighted by Gasteiger charge is -2.05. The SMILES string of the molecule is N#CCNC(=O)NCCCCc1ccccc1. The van der Waals surface area contributed by atoms with Crippen molar-refractivity contribution in [1.82, 2.24) is 10.6 Å². The molecular formula is C13H17N3O. The van der Waals surface area contributed by atoms with Crippen LogP contribution >= 0.6 is 0 Å². The monoisotopic (exact) mass is 231 g/mol. The summed E-state index contributed by atoms with van der Waals surface area (Å²) in [6.45, 7) is 0.694. The molecule has 2 N–H and O–H groups in total. The Morgan fingerprint density at radius 1 is 1.18 bits per heavy atom. The second-order valence-corrected chi connectivity index (χ2v) is 3.71. The molecule has 0 spiro atoms. The van der Waals surface area contributed by atoms with E-state index in [1.54, 1.807) is 0 Å². The molecule has 2 amide bonds. The zero-order chi connectivity index (χ0) is 12.3. The van der Waals surface area contributed by atoms with E-state index in [0.717, 1.165) is 19.3 Å². The van der Waals surface area contributed by atoms with Crippen molar-refractivity contribution in [3.63, 3.8) is 0 Å². The van der Waals surface area contributed by atoms with Crippen LogP contribution in [0.25, 0.3) is 0 Å². The third-order valence-electron chi connectivity index (χ3n) is 2.35. The van der Waals surface area contributed by atoms with Crippen molar-refractivity contribution < 1.29 is 4.79 Å². The molecular weight excluding hydrogens is 214 g/mol. The maximum absolute atomic E-state index is 11.1. The lowest BCUT2D eigenvalue weighted by atomic mass is 10.1. The van der Waals surface area contributed by atoms with E-state index in [4.69, 9.17) is 5.26 Å². The summed E-state index contributed by atoms with van der Waals surface area (Å²) in [5, 5.41) is 13.4. The third-order valence-corrected chi connectivity index (χ3v) is 2.35. The molecule has 0 aliphatic heterocycles. The first kappa shape index (κ1) is 13.0. The fourth-order valence-corrected chi connectivity index (χ4v) is 1.48. The number of nitrogens with zero attached hydrogens (tertiary/aromatic N) is 1. The van der Waals surface area contributed by atoms with Crippen molar-refractivity contribution in [3.05, 3.63) is 35.9 Å². The predicted octanol–water partition coefficient (Wildman–Crippen LogP) is 1.83. The molecule has 0 aliphatic carbocycles. The van der Waals surface area contributed by atoms with Crippen LogP contribution in [0.15, 0.2) is 30.3 Å². The molecule has 17 heavy (non-hydrogen) atoms. The Hall–Kier alpha value is -2.02. The molecule has 90 valence electrons. The summed E-state index contributed by atoms with van der Waals surface area (Å²) in [6, 6.07) is 11.9. The molecule has 0 fully saturated rings. The van der Waals surface area contributed by atoms with Crippen LogP contribution < -0.4 is 10.6 Å². The molecule has 4 heteroatoms. The number of carbonyl (C=O) groups is 1. The summed E-state index contributed by atoms with van der Waals surface area (Å²) in [5.74, 6) is 0. The van der Waals surface area contributed by atoms with Crippen molar-refractivity contribution in [3.8, 4) is 6.07 Å². The zero-order valence-electron chi connectivity index (χ0n) is 9.78.